The van der Waals surface area contributed by atoms with Gasteiger partial charge in [-0.1, -0.05) is 0 Å². The van der Waals surface area contributed by atoms with Crippen molar-refractivity contribution in [2.24, 2.45) is 0 Å². The lowest BCUT2D eigenvalue weighted by Crippen LogP contribution is -2.27. The van der Waals surface area contributed by atoms with Gasteiger partial charge in [-0.15, -0.1) is 0 Å². The fourth-order valence-corrected chi connectivity index (χ4v) is 1.98. The van der Waals surface area contributed by atoms with Crippen LogP contribution in [0.5, 0.6) is 0 Å². The van der Waals surface area contributed by atoms with Crippen LogP contribution >= 0.6 is 0 Å². The number of rotatable bonds is 3. The van der Waals surface area contributed by atoms with E-state index in [0.29, 0.717) is 6.42 Å². The summed E-state index contributed by atoms with van der Waals surface area (Å²) >= 11 is 0. The number of carboxylic acid groups (broad SMARTS) is 1. The minimum Gasteiger partial charge on any atom is -0.478 e. The maximum Gasteiger partial charge on any atom is 0.338 e. The minimum atomic E-state index is -1.34. The zero-order valence-corrected chi connectivity index (χ0v) is 10.4. The molecular formula is C13H14FNO4. The van der Waals surface area contributed by atoms with E-state index in [-0.39, 0.29) is 17.7 Å². The van der Waals surface area contributed by atoms with Crippen molar-refractivity contribution in [1.82, 2.24) is 0 Å². The number of carboxylic acids is 1. The van der Waals surface area contributed by atoms with Gasteiger partial charge in [0, 0.05) is 5.69 Å². The molecule has 1 amide bonds. The molecule has 2 atom stereocenters. The molecule has 102 valence electrons. The SMILES string of the molecule is CC1CCC(C(=O)Nc2ccc(C(=O)O)c(F)c2)O1. The van der Waals surface area contributed by atoms with Crippen molar-refractivity contribution in [3.05, 3.63) is 29.6 Å². The van der Waals surface area contributed by atoms with Crippen LogP contribution in [0, 0.1) is 5.82 Å². The number of carbonyl (C=O) groups excluding carboxylic acids is 1. The lowest BCUT2D eigenvalue weighted by Gasteiger charge is -2.12. The number of aromatic carboxylic acids is 1. The second-order valence-electron chi connectivity index (χ2n) is 4.50. The van der Waals surface area contributed by atoms with Gasteiger partial charge < -0.3 is 15.2 Å². The summed E-state index contributed by atoms with van der Waals surface area (Å²) < 4.78 is 18.8. The second kappa shape index (κ2) is 5.36. The average Bonchev–Trinajstić information content (AvgIpc) is 2.75. The Bertz CT molecular complexity index is 517. The van der Waals surface area contributed by atoms with Gasteiger partial charge in [-0.25, -0.2) is 9.18 Å². The number of anilines is 1. The Hall–Kier alpha value is -1.95. The van der Waals surface area contributed by atoms with Crippen LogP contribution in [0.4, 0.5) is 10.1 Å². The van der Waals surface area contributed by atoms with E-state index < -0.39 is 23.5 Å². The van der Waals surface area contributed by atoms with E-state index in [9.17, 15) is 14.0 Å². The number of hydrogen-bond donors (Lipinski definition) is 2. The summed E-state index contributed by atoms with van der Waals surface area (Å²) in [6, 6.07) is 3.45. The molecule has 2 unspecified atom stereocenters. The summed E-state index contributed by atoms with van der Waals surface area (Å²) in [6.45, 7) is 1.88. The van der Waals surface area contributed by atoms with Gasteiger partial charge in [-0.05, 0) is 38.0 Å². The van der Waals surface area contributed by atoms with Crippen LogP contribution in [-0.4, -0.2) is 29.2 Å². The molecule has 0 spiro atoms. The number of halogens is 1. The molecule has 2 N–H and O–H groups in total. The van der Waals surface area contributed by atoms with E-state index in [1.807, 2.05) is 6.92 Å². The first kappa shape index (κ1) is 13.5. The molecule has 6 heteroatoms. The van der Waals surface area contributed by atoms with Crippen molar-refractivity contribution in [3.63, 3.8) is 0 Å². The maximum absolute atomic E-state index is 13.4. The van der Waals surface area contributed by atoms with Crippen LogP contribution in [0.2, 0.25) is 0 Å². The van der Waals surface area contributed by atoms with Crippen LogP contribution in [-0.2, 0) is 9.53 Å². The van der Waals surface area contributed by atoms with Crippen molar-refractivity contribution < 1.29 is 23.8 Å². The molecule has 2 rings (SSSR count). The monoisotopic (exact) mass is 267 g/mol. The van der Waals surface area contributed by atoms with Crippen molar-refractivity contribution in [2.75, 3.05) is 5.32 Å². The van der Waals surface area contributed by atoms with Gasteiger partial charge in [-0.2, -0.15) is 0 Å². The molecule has 1 fully saturated rings. The third-order valence-electron chi connectivity index (χ3n) is 2.99. The predicted molar refractivity (Wildman–Crippen MR) is 65.6 cm³/mol. The summed E-state index contributed by atoms with van der Waals surface area (Å²) in [7, 11) is 0. The molecule has 19 heavy (non-hydrogen) atoms. The lowest BCUT2D eigenvalue weighted by atomic mass is 10.1. The van der Waals surface area contributed by atoms with Crippen LogP contribution in [0.25, 0.3) is 0 Å². The molecule has 1 aliphatic rings. The molecule has 0 saturated carbocycles. The van der Waals surface area contributed by atoms with E-state index >= 15 is 0 Å². The number of hydrogen-bond acceptors (Lipinski definition) is 3. The molecule has 5 nitrogen and oxygen atoms in total. The smallest absolute Gasteiger partial charge is 0.338 e. The fraction of sp³-hybridized carbons (Fsp3) is 0.385. The molecule has 1 saturated heterocycles. The average molecular weight is 267 g/mol. The quantitative estimate of drug-likeness (QED) is 0.878. The van der Waals surface area contributed by atoms with Crippen molar-refractivity contribution in [3.8, 4) is 0 Å². The zero-order valence-electron chi connectivity index (χ0n) is 10.4. The first-order valence-corrected chi connectivity index (χ1v) is 5.96. The van der Waals surface area contributed by atoms with E-state index in [2.05, 4.69) is 5.32 Å². The highest BCUT2D eigenvalue weighted by atomic mass is 19.1. The maximum atomic E-state index is 13.4. The van der Waals surface area contributed by atoms with E-state index in [4.69, 9.17) is 9.84 Å². The van der Waals surface area contributed by atoms with Gasteiger partial charge in [0.15, 0.2) is 0 Å². The third kappa shape index (κ3) is 3.08. The molecule has 1 aliphatic heterocycles. The Kier molecular flexibility index (Phi) is 3.80. The molecule has 0 aliphatic carbocycles. The van der Waals surface area contributed by atoms with Crippen LogP contribution in [0.15, 0.2) is 18.2 Å². The Labute approximate surface area is 109 Å². The van der Waals surface area contributed by atoms with Gasteiger partial charge in [0.05, 0.1) is 11.7 Å². The van der Waals surface area contributed by atoms with Crippen molar-refractivity contribution >= 4 is 17.6 Å². The summed E-state index contributed by atoms with van der Waals surface area (Å²) in [5.41, 5.74) is -0.209. The van der Waals surface area contributed by atoms with Gasteiger partial charge >= 0.3 is 5.97 Å². The Balaban J connectivity index is 2.05. The number of nitrogens with one attached hydrogen (secondary N) is 1. The van der Waals surface area contributed by atoms with Crippen LogP contribution in [0.3, 0.4) is 0 Å². The standard InChI is InChI=1S/C13H14FNO4/c1-7-2-5-11(19-7)12(16)15-8-3-4-9(13(17)18)10(14)6-8/h3-4,6-7,11H,2,5H2,1H3,(H,15,16)(H,17,18). The second-order valence-corrected chi connectivity index (χ2v) is 4.50. The first-order valence-electron chi connectivity index (χ1n) is 5.96. The Morgan fingerprint density at radius 2 is 2.16 bits per heavy atom. The largest absolute Gasteiger partial charge is 0.478 e. The minimum absolute atomic E-state index is 0.0434. The van der Waals surface area contributed by atoms with E-state index in [0.717, 1.165) is 18.6 Å². The van der Waals surface area contributed by atoms with Crippen molar-refractivity contribution in [1.29, 1.82) is 0 Å². The summed E-state index contributed by atoms with van der Waals surface area (Å²) in [5.74, 6) is -2.57. The normalized spacial score (nSPS) is 22.2. The third-order valence-corrected chi connectivity index (χ3v) is 2.99. The first-order chi connectivity index (χ1) is 8.97. The summed E-state index contributed by atoms with van der Waals surface area (Å²) in [4.78, 5) is 22.5. The lowest BCUT2D eigenvalue weighted by molar-refractivity contribution is -0.126. The van der Waals surface area contributed by atoms with Gasteiger partial charge in [0.25, 0.3) is 5.91 Å². The number of ether oxygens (including phenoxy) is 1. The van der Waals surface area contributed by atoms with Crippen LogP contribution < -0.4 is 5.32 Å². The molecule has 1 aromatic carbocycles. The molecule has 1 aromatic rings. The number of carbonyl (C=O) groups is 2. The number of benzene rings is 1. The van der Waals surface area contributed by atoms with E-state index in [1.165, 1.54) is 6.07 Å². The zero-order chi connectivity index (χ0) is 14.0. The molecule has 0 bridgehead atoms. The highest BCUT2D eigenvalue weighted by Crippen LogP contribution is 2.21. The van der Waals surface area contributed by atoms with E-state index in [1.54, 1.807) is 0 Å². The van der Waals surface area contributed by atoms with Crippen molar-refractivity contribution in [2.45, 2.75) is 32.0 Å². The topological polar surface area (TPSA) is 75.6 Å². The molecular weight excluding hydrogens is 253 g/mol. The Morgan fingerprint density at radius 3 is 2.68 bits per heavy atom. The highest BCUT2D eigenvalue weighted by Gasteiger charge is 2.28. The van der Waals surface area contributed by atoms with Crippen LogP contribution in [0.1, 0.15) is 30.1 Å². The summed E-state index contributed by atoms with van der Waals surface area (Å²) in [6.07, 6.45) is 0.951. The highest BCUT2D eigenvalue weighted by molar-refractivity contribution is 5.95. The summed E-state index contributed by atoms with van der Waals surface area (Å²) in [5, 5.41) is 11.2. The molecule has 0 aromatic heterocycles. The Morgan fingerprint density at radius 1 is 1.42 bits per heavy atom. The van der Waals surface area contributed by atoms with Gasteiger partial charge in [0.1, 0.15) is 11.9 Å². The molecule has 0 radical (unpaired) electrons. The number of amides is 1. The molecule has 1 heterocycles. The fourth-order valence-electron chi connectivity index (χ4n) is 1.98. The van der Waals surface area contributed by atoms with Gasteiger partial charge in [-0.3, -0.25) is 4.79 Å². The van der Waals surface area contributed by atoms with Gasteiger partial charge in [0.2, 0.25) is 0 Å². The predicted octanol–water partition coefficient (Wildman–Crippen LogP) is 2.03.